The molecule has 1 aliphatic heterocycles. The van der Waals surface area contributed by atoms with Crippen molar-refractivity contribution in [3.05, 3.63) is 35.4 Å². The second-order valence-electron chi connectivity index (χ2n) is 6.51. The molecule has 1 atom stereocenters. The van der Waals surface area contributed by atoms with E-state index in [2.05, 4.69) is 10.8 Å². The van der Waals surface area contributed by atoms with Crippen molar-refractivity contribution >= 4 is 21.6 Å². The molecule has 1 fully saturated rings. The highest BCUT2D eigenvalue weighted by Gasteiger charge is 2.22. The minimum atomic E-state index is -3.79. The smallest absolute Gasteiger partial charge is 0.335 e. The van der Waals surface area contributed by atoms with E-state index in [0.29, 0.717) is 12.2 Å². The Kier molecular flexibility index (Phi) is 5.56. The number of carbonyl (C=O) groups is 1. The van der Waals surface area contributed by atoms with Gasteiger partial charge in [0.25, 0.3) is 0 Å². The van der Waals surface area contributed by atoms with Gasteiger partial charge in [0.1, 0.15) is 0 Å². The third-order valence-corrected chi connectivity index (χ3v) is 6.05. The number of carboxylic acids is 1. The number of allylic oxidation sites excluding steroid dienone is 2. The lowest BCUT2D eigenvalue weighted by atomic mass is 9.93. The van der Waals surface area contributed by atoms with Crippen molar-refractivity contribution in [2.24, 2.45) is 0 Å². The molecule has 2 aliphatic rings. The van der Waals surface area contributed by atoms with Crippen molar-refractivity contribution in [1.29, 1.82) is 0 Å². The summed E-state index contributed by atoms with van der Waals surface area (Å²) in [5.74, 6) is -1.13. The SMILES string of the molecule is O=C(O)c1cc(C2=CCCCC2)cc(S(=O)(=O)NC[C@@H]2CCCO2)c1. The first-order chi connectivity index (χ1) is 12.0. The molecule has 0 saturated carbocycles. The van der Waals surface area contributed by atoms with Gasteiger partial charge in [-0.2, -0.15) is 0 Å². The summed E-state index contributed by atoms with van der Waals surface area (Å²) >= 11 is 0. The third-order valence-electron chi connectivity index (χ3n) is 4.65. The van der Waals surface area contributed by atoms with Crippen LogP contribution in [0.3, 0.4) is 0 Å². The minimum Gasteiger partial charge on any atom is -0.478 e. The maximum atomic E-state index is 12.6. The number of nitrogens with one attached hydrogen (secondary N) is 1. The highest BCUT2D eigenvalue weighted by Crippen LogP contribution is 2.29. The number of hydrogen-bond donors (Lipinski definition) is 2. The Bertz CT molecular complexity index is 779. The summed E-state index contributed by atoms with van der Waals surface area (Å²) < 4.78 is 33.2. The van der Waals surface area contributed by atoms with Gasteiger partial charge in [-0.3, -0.25) is 0 Å². The molecule has 25 heavy (non-hydrogen) atoms. The van der Waals surface area contributed by atoms with Crippen LogP contribution in [0.5, 0.6) is 0 Å². The number of carboxylic acid groups (broad SMARTS) is 1. The first kappa shape index (κ1) is 18.1. The van der Waals surface area contributed by atoms with E-state index in [1.807, 2.05) is 0 Å². The minimum absolute atomic E-state index is 0.00753. The van der Waals surface area contributed by atoms with Gasteiger partial charge in [-0.05, 0) is 67.9 Å². The van der Waals surface area contributed by atoms with Crippen molar-refractivity contribution in [2.45, 2.75) is 49.5 Å². The van der Waals surface area contributed by atoms with E-state index < -0.39 is 16.0 Å². The van der Waals surface area contributed by atoms with Crippen LogP contribution in [0.25, 0.3) is 5.57 Å². The molecule has 1 aromatic rings. The molecule has 0 spiro atoms. The van der Waals surface area contributed by atoms with E-state index >= 15 is 0 Å². The zero-order valence-corrected chi connectivity index (χ0v) is 14.8. The molecule has 0 aromatic heterocycles. The second-order valence-corrected chi connectivity index (χ2v) is 8.28. The number of sulfonamides is 1. The Balaban J connectivity index is 1.89. The average molecular weight is 365 g/mol. The molecule has 2 N–H and O–H groups in total. The first-order valence-electron chi connectivity index (χ1n) is 8.65. The summed E-state index contributed by atoms with van der Waals surface area (Å²) in [6.45, 7) is 0.858. The number of aromatic carboxylic acids is 1. The van der Waals surface area contributed by atoms with Gasteiger partial charge in [0.05, 0.1) is 16.6 Å². The summed E-state index contributed by atoms with van der Waals surface area (Å²) in [6.07, 6.45) is 7.63. The molecule has 6 nitrogen and oxygen atoms in total. The maximum Gasteiger partial charge on any atom is 0.335 e. The molecular formula is C18H23NO5S. The molecule has 0 bridgehead atoms. The summed E-state index contributed by atoms with van der Waals surface area (Å²) in [5, 5.41) is 9.35. The van der Waals surface area contributed by atoms with Gasteiger partial charge < -0.3 is 9.84 Å². The molecule has 0 radical (unpaired) electrons. The predicted octanol–water partition coefficient (Wildman–Crippen LogP) is 2.80. The molecule has 1 aromatic carbocycles. The Hall–Kier alpha value is -1.70. The molecule has 7 heteroatoms. The van der Waals surface area contributed by atoms with Gasteiger partial charge in [-0.1, -0.05) is 6.08 Å². The van der Waals surface area contributed by atoms with Crippen LogP contribution in [-0.4, -0.2) is 38.7 Å². The van der Waals surface area contributed by atoms with Crippen molar-refractivity contribution in [3.63, 3.8) is 0 Å². The summed E-state index contributed by atoms with van der Waals surface area (Å²) in [6, 6.07) is 4.34. The first-order valence-corrected chi connectivity index (χ1v) is 10.1. The topological polar surface area (TPSA) is 92.7 Å². The standard InChI is InChI=1S/C18H23NO5S/c20-18(21)15-9-14(13-5-2-1-3-6-13)10-17(11-15)25(22,23)19-12-16-7-4-8-24-16/h5,9-11,16,19H,1-4,6-8,12H2,(H,20,21)/t16-/m0/s1. The van der Waals surface area contributed by atoms with Crippen LogP contribution < -0.4 is 4.72 Å². The van der Waals surface area contributed by atoms with Crippen LogP contribution >= 0.6 is 0 Å². The van der Waals surface area contributed by atoms with Gasteiger partial charge >= 0.3 is 5.97 Å². The zero-order chi connectivity index (χ0) is 17.9. The van der Waals surface area contributed by atoms with Gasteiger partial charge in [0.15, 0.2) is 0 Å². The molecular weight excluding hydrogens is 342 g/mol. The quantitative estimate of drug-likeness (QED) is 0.809. The zero-order valence-electron chi connectivity index (χ0n) is 14.0. The van der Waals surface area contributed by atoms with Gasteiger partial charge in [0, 0.05) is 13.2 Å². The number of ether oxygens (including phenoxy) is 1. The highest BCUT2D eigenvalue weighted by atomic mass is 32.2. The van der Waals surface area contributed by atoms with E-state index in [4.69, 9.17) is 4.74 Å². The number of benzene rings is 1. The Morgan fingerprint density at radius 2 is 2.08 bits per heavy atom. The van der Waals surface area contributed by atoms with Gasteiger partial charge in [-0.15, -0.1) is 0 Å². The second kappa shape index (κ2) is 7.68. The van der Waals surface area contributed by atoms with E-state index in [1.54, 1.807) is 12.1 Å². The fraction of sp³-hybridized carbons (Fsp3) is 0.500. The van der Waals surface area contributed by atoms with Crippen LogP contribution in [0.4, 0.5) is 0 Å². The van der Waals surface area contributed by atoms with Crippen LogP contribution in [0.2, 0.25) is 0 Å². The molecule has 0 amide bonds. The molecule has 136 valence electrons. The monoisotopic (exact) mass is 365 g/mol. The Labute approximate surface area is 147 Å². The normalized spacial score (nSPS) is 21.1. The van der Waals surface area contributed by atoms with Crippen LogP contribution in [0.1, 0.15) is 54.4 Å². The van der Waals surface area contributed by atoms with Crippen molar-refractivity contribution in [3.8, 4) is 0 Å². The maximum absolute atomic E-state index is 12.6. The Morgan fingerprint density at radius 3 is 2.72 bits per heavy atom. The molecule has 0 unspecified atom stereocenters. The lowest BCUT2D eigenvalue weighted by Gasteiger charge is -2.16. The van der Waals surface area contributed by atoms with Crippen LogP contribution in [0, 0.1) is 0 Å². The summed E-state index contributed by atoms with van der Waals surface area (Å²) in [4.78, 5) is 11.4. The van der Waals surface area contributed by atoms with Crippen molar-refractivity contribution < 1.29 is 23.1 Å². The van der Waals surface area contributed by atoms with E-state index in [0.717, 1.165) is 44.1 Å². The third kappa shape index (κ3) is 4.48. The van der Waals surface area contributed by atoms with Gasteiger partial charge in [-0.25, -0.2) is 17.9 Å². The summed E-state index contributed by atoms with van der Waals surface area (Å²) in [5.41, 5.74) is 1.68. The molecule has 1 heterocycles. The lowest BCUT2D eigenvalue weighted by molar-refractivity contribution is 0.0696. The fourth-order valence-electron chi connectivity index (χ4n) is 3.25. The lowest BCUT2D eigenvalue weighted by Crippen LogP contribution is -2.32. The van der Waals surface area contributed by atoms with Crippen molar-refractivity contribution in [2.75, 3.05) is 13.2 Å². The average Bonchev–Trinajstić information content (AvgIpc) is 3.14. The van der Waals surface area contributed by atoms with E-state index in [-0.39, 0.29) is 23.1 Å². The van der Waals surface area contributed by atoms with Gasteiger partial charge in [0.2, 0.25) is 10.0 Å². The molecule has 3 rings (SSSR count). The van der Waals surface area contributed by atoms with E-state index in [9.17, 15) is 18.3 Å². The highest BCUT2D eigenvalue weighted by molar-refractivity contribution is 7.89. The number of hydrogen-bond acceptors (Lipinski definition) is 4. The van der Waals surface area contributed by atoms with Crippen molar-refractivity contribution in [1.82, 2.24) is 4.72 Å². The summed E-state index contributed by atoms with van der Waals surface area (Å²) in [7, 11) is -3.79. The molecule has 1 saturated heterocycles. The van der Waals surface area contributed by atoms with E-state index in [1.165, 1.54) is 6.07 Å². The fourth-order valence-corrected chi connectivity index (χ4v) is 4.39. The largest absolute Gasteiger partial charge is 0.478 e. The Morgan fingerprint density at radius 1 is 1.24 bits per heavy atom. The van der Waals surface area contributed by atoms with Crippen LogP contribution in [-0.2, 0) is 14.8 Å². The number of rotatable bonds is 6. The van der Waals surface area contributed by atoms with Crippen LogP contribution in [0.15, 0.2) is 29.2 Å². The molecule has 1 aliphatic carbocycles. The predicted molar refractivity (Wildman–Crippen MR) is 94.0 cm³/mol.